The first-order chi connectivity index (χ1) is 5.95. The minimum Gasteiger partial charge on any atom is -0.462 e. The number of carbonyl (C=O) groups excluding carboxylic acids is 1. The van der Waals surface area contributed by atoms with Crippen LogP contribution in [0.4, 0.5) is 0 Å². The molecule has 0 saturated carbocycles. The van der Waals surface area contributed by atoms with E-state index >= 15 is 0 Å². The molecule has 1 aliphatic rings. The Bertz CT molecular complexity index is 162. The fourth-order valence-corrected chi connectivity index (χ4v) is 0.763. The molecule has 1 aliphatic heterocycles. The Kier molecular flexibility index (Phi) is 5.39. The van der Waals surface area contributed by atoms with Crippen molar-refractivity contribution in [2.75, 3.05) is 13.1 Å². The van der Waals surface area contributed by atoms with Gasteiger partial charge in [-0.3, -0.25) is 4.79 Å². The van der Waals surface area contributed by atoms with Gasteiger partial charge in [-0.05, 0) is 33.7 Å². The number of carbonyl (C=O) groups is 1. The van der Waals surface area contributed by atoms with Crippen molar-refractivity contribution in [3.8, 4) is 0 Å². The third-order valence-electron chi connectivity index (χ3n) is 1.43. The zero-order valence-corrected chi connectivity index (χ0v) is 8.72. The normalized spacial score (nSPS) is 16.1. The summed E-state index contributed by atoms with van der Waals surface area (Å²) in [6.07, 6.45) is 1.18. The molecule has 0 atom stereocenters. The molecule has 1 N–H and O–H groups in total. The number of rotatable bonds is 1. The van der Waals surface area contributed by atoms with Crippen molar-refractivity contribution in [3.63, 3.8) is 0 Å². The Labute approximate surface area is 80.2 Å². The Balaban J connectivity index is 0.000000223. The van der Waals surface area contributed by atoms with Gasteiger partial charge in [-0.1, -0.05) is 12.2 Å². The van der Waals surface area contributed by atoms with E-state index in [-0.39, 0.29) is 5.60 Å². The Morgan fingerprint density at radius 1 is 1.54 bits per heavy atom. The number of hydrogen-bond acceptors (Lipinski definition) is 3. The van der Waals surface area contributed by atoms with Crippen LogP contribution < -0.4 is 5.32 Å². The van der Waals surface area contributed by atoms with Crippen molar-refractivity contribution in [3.05, 3.63) is 12.2 Å². The van der Waals surface area contributed by atoms with Crippen molar-refractivity contribution < 1.29 is 9.53 Å². The molecule has 1 rings (SSSR count). The molecular formula is C10H19NO2. The van der Waals surface area contributed by atoms with Gasteiger partial charge in [0.1, 0.15) is 5.60 Å². The smallest absolute Gasteiger partial charge is 0.293 e. The SMILES string of the molecule is C=C1CCNC1.CC(C)(C)OC=O. The maximum Gasteiger partial charge on any atom is 0.293 e. The van der Waals surface area contributed by atoms with Gasteiger partial charge in [-0.2, -0.15) is 0 Å². The van der Waals surface area contributed by atoms with Crippen LogP contribution in [0.5, 0.6) is 0 Å². The Morgan fingerprint density at radius 2 is 2.15 bits per heavy atom. The first-order valence-corrected chi connectivity index (χ1v) is 4.44. The molecule has 0 aliphatic carbocycles. The first kappa shape index (κ1) is 12.2. The predicted molar refractivity (Wildman–Crippen MR) is 53.5 cm³/mol. The van der Waals surface area contributed by atoms with Crippen LogP contribution in [0, 0.1) is 0 Å². The summed E-state index contributed by atoms with van der Waals surface area (Å²) in [6, 6.07) is 0. The molecule has 3 heteroatoms. The van der Waals surface area contributed by atoms with Crippen LogP contribution in [0.25, 0.3) is 0 Å². The second kappa shape index (κ2) is 5.75. The summed E-state index contributed by atoms with van der Waals surface area (Å²) in [5, 5.41) is 3.17. The summed E-state index contributed by atoms with van der Waals surface area (Å²) in [7, 11) is 0. The van der Waals surface area contributed by atoms with Crippen molar-refractivity contribution >= 4 is 6.47 Å². The summed E-state index contributed by atoms with van der Waals surface area (Å²) in [6.45, 7) is 11.9. The van der Waals surface area contributed by atoms with Gasteiger partial charge in [-0.25, -0.2) is 0 Å². The number of nitrogens with one attached hydrogen (secondary N) is 1. The number of ether oxygens (including phenoxy) is 1. The van der Waals surface area contributed by atoms with Crippen LogP contribution >= 0.6 is 0 Å². The van der Waals surface area contributed by atoms with Gasteiger partial charge < -0.3 is 10.1 Å². The predicted octanol–water partition coefficient (Wildman–Crippen LogP) is 1.49. The van der Waals surface area contributed by atoms with Gasteiger partial charge in [0.2, 0.25) is 0 Å². The number of hydrogen-bond donors (Lipinski definition) is 1. The maximum absolute atomic E-state index is 9.60. The van der Waals surface area contributed by atoms with Crippen molar-refractivity contribution in [2.45, 2.75) is 32.8 Å². The fourth-order valence-electron chi connectivity index (χ4n) is 0.763. The summed E-state index contributed by atoms with van der Waals surface area (Å²) in [5.41, 5.74) is 1.02. The third kappa shape index (κ3) is 9.08. The average molecular weight is 185 g/mol. The van der Waals surface area contributed by atoms with Crippen LogP contribution in [-0.4, -0.2) is 25.2 Å². The summed E-state index contributed by atoms with van der Waals surface area (Å²) in [5.74, 6) is 0. The third-order valence-corrected chi connectivity index (χ3v) is 1.43. The van der Waals surface area contributed by atoms with E-state index in [0.717, 1.165) is 13.1 Å². The Morgan fingerprint density at radius 3 is 2.23 bits per heavy atom. The zero-order chi connectivity index (χ0) is 10.3. The minimum atomic E-state index is -0.318. The van der Waals surface area contributed by atoms with E-state index in [1.807, 2.05) is 20.8 Å². The molecule has 0 spiro atoms. The van der Waals surface area contributed by atoms with E-state index in [1.165, 1.54) is 12.0 Å². The van der Waals surface area contributed by atoms with Gasteiger partial charge in [-0.15, -0.1) is 0 Å². The topological polar surface area (TPSA) is 38.3 Å². The van der Waals surface area contributed by atoms with Crippen LogP contribution in [0.1, 0.15) is 27.2 Å². The molecule has 3 nitrogen and oxygen atoms in total. The molecule has 13 heavy (non-hydrogen) atoms. The lowest BCUT2D eigenvalue weighted by atomic mass is 10.2. The second-order valence-corrected chi connectivity index (χ2v) is 4.00. The minimum absolute atomic E-state index is 0.318. The molecule has 0 radical (unpaired) electrons. The highest BCUT2D eigenvalue weighted by molar-refractivity contribution is 5.37. The monoisotopic (exact) mass is 185 g/mol. The summed E-state index contributed by atoms with van der Waals surface area (Å²) in [4.78, 5) is 9.60. The van der Waals surface area contributed by atoms with Gasteiger partial charge >= 0.3 is 0 Å². The lowest BCUT2D eigenvalue weighted by Crippen LogP contribution is -2.17. The molecule has 0 amide bonds. The van der Waals surface area contributed by atoms with E-state index in [2.05, 4.69) is 16.6 Å². The summed E-state index contributed by atoms with van der Waals surface area (Å²) < 4.78 is 4.55. The first-order valence-electron chi connectivity index (χ1n) is 4.44. The molecule has 1 saturated heterocycles. The van der Waals surface area contributed by atoms with Crippen LogP contribution in [-0.2, 0) is 9.53 Å². The quantitative estimate of drug-likeness (QED) is 0.497. The van der Waals surface area contributed by atoms with E-state index in [9.17, 15) is 4.79 Å². The molecule has 0 aromatic rings. The molecule has 0 aromatic carbocycles. The molecule has 1 fully saturated rings. The highest BCUT2D eigenvalue weighted by Gasteiger charge is 2.07. The Hall–Kier alpha value is -0.830. The molecule has 1 heterocycles. The second-order valence-electron chi connectivity index (χ2n) is 4.00. The molecular weight excluding hydrogens is 166 g/mol. The van der Waals surface area contributed by atoms with Crippen LogP contribution in [0.15, 0.2) is 12.2 Å². The van der Waals surface area contributed by atoms with E-state index in [4.69, 9.17) is 0 Å². The average Bonchev–Trinajstić information content (AvgIpc) is 2.38. The van der Waals surface area contributed by atoms with E-state index in [0.29, 0.717) is 6.47 Å². The zero-order valence-electron chi connectivity index (χ0n) is 8.72. The van der Waals surface area contributed by atoms with Crippen molar-refractivity contribution in [1.29, 1.82) is 0 Å². The lowest BCUT2D eigenvalue weighted by Gasteiger charge is -2.14. The standard InChI is InChI=1S/C5H9N.C5H10O2/c1-5-2-3-6-4-5;1-5(2,3)7-4-6/h6H,1-4H2;4H,1-3H3. The molecule has 0 bridgehead atoms. The molecule has 76 valence electrons. The summed E-state index contributed by atoms with van der Waals surface area (Å²) >= 11 is 0. The van der Waals surface area contributed by atoms with E-state index < -0.39 is 0 Å². The lowest BCUT2D eigenvalue weighted by molar-refractivity contribution is -0.138. The van der Waals surface area contributed by atoms with Crippen molar-refractivity contribution in [1.82, 2.24) is 5.32 Å². The van der Waals surface area contributed by atoms with Crippen LogP contribution in [0.3, 0.4) is 0 Å². The molecule has 0 aromatic heterocycles. The molecule has 0 unspecified atom stereocenters. The highest BCUT2D eigenvalue weighted by atomic mass is 16.5. The van der Waals surface area contributed by atoms with Gasteiger partial charge in [0.15, 0.2) is 0 Å². The van der Waals surface area contributed by atoms with Crippen molar-refractivity contribution in [2.24, 2.45) is 0 Å². The fraction of sp³-hybridized carbons (Fsp3) is 0.700. The van der Waals surface area contributed by atoms with Gasteiger partial charge in [0.25, 0.3) is 6.47 Å². The van der Waals surface area contributed by atoms with Gasteiger partial charge in [0, 0.05) is 6.54 Å². The maximum atomic E-state index is 9.60. The van der Waals surface area contributed by atoms with Crippen LogP contribution in [0.2, 0.25) is 0 Å². The highest BCUT2D eigenvalue weighted by Crippen LogP contribution is 2.02. The van der Waals surface area contributed by atoms with E-state index in [1.54, 1.807) is 0 Å². The van der Waals surface area contributed by atoms with Gasteiger partial charge in [0.05, 0.1) is 0 Å². The largest absolute Gasteiger partial charge is 0.462 e.